The van der Waals surface area contributed by atoms with Gasteiger partial charge in [-0.15, -0.1) is 0 Å². The molecule has 1 aliphatic rings. The van der Waals surface area contributed by atoms with Gasteiger partial charge in [0, 0.05) is 13.1 Å². The third-order valence-electron chi connectivity index (χ3n) is 3.11. The number of piperidine rings is 1. The Morgan fingerprint density at radius 2 is 2.24 bits per heavy atom. The summed E-state index contributed by atoms with van der Waals surface area (Å²) >= 11 is 3.51. The molecule has 0 unspecified atom stereocenters. The number of hydrazine groups is 1. The normalized spacial score (nSPS) is 19.2. The monoisotopic (exact) mass is 299 g/mol. The molecule has 6 heteroatoms. The summed E-state index contributed by atoms with van der Waals surface area (Å²) in [5, 5.41) is 0. The highest BCUT2D eigenvalue weighted by atomic mass is 79.9. The quantitative estimate of drug-likeness (QED) is 0.647. The van der Waals surface area contributed by atoms with E-state index in [-0.39, 0.29) is 0 Å². The molecular formula is C11H18BrN5. The van der Waals surface area contributed by atoms with Crippen LogP contribution in [0.3, 0.4) is 0 Å². The first kappa shape index (κ1) is 12.6. The molecule has 0 amide bonds. The number of rotatable bonds is 2. The molecule has 0 atom stereocenters. The van der Waals surface area contributed by atoms with Crippen LogP contribution in [-0.4, -0.2) is 23.1 Å². The van der Waals surface area contributed by atoms with E-state index >= 15 is 0 Å². The molecule has 3 N–H and O–H groups in total. The van der Waals surface area contributed by atoms with Crippen molar-refractivity contribution in [2.75, 3.05) is 23.4 Å². The Morgan fingerprint density at radius 3 is 2.88 bits per heavy atom. The van der Waals surface area contributed by atoms with Gasteiger partial charge < -0.3 is 10.3 Å². The number of halogens is 1. The van der Waals surface area contributed by atoms with Crippen molar-refractivity contribution in [1.29, 1.82) is 0 Å². The maximum atomic E-state index is 5.41. The predicted octanol–water partition coefficient (Wildman–Crippen LogP) is 2.15. The van der Waals surface area contributed by atoms with Crippen LogP contribution in [0, 0.1) is 5.41 Å². The number of hydrogen-bond donors (Lipinski definition) is 2. The van der Waals surface area contributed by atoms with Gasteiger partial charge in [0.2, 0.25) is 0 Å². The molecule has 0 aliphatic carbocycles. The highest BCUT2D eigenvalue weighted by Crippen LogP contribution is 2.35. The van der Waals surface area contributed by atoms with Crippen molar-refractivity contribution in [2.45, 2.75) is 26.7 Å². The van der Waals surface area contributed by atoms with Gasteiger partial charge in [0.1, 0.15) is 16.6 Å². The number of anilines is 2. The summed E-state index contributed by atoms with van der Waals surface area (Å²) in [6.45, 7) is 6.61. The van der Waals surface area contributed by atoms with Crippen LogP contribution in [0.25, 0.3) is 0 Å². The van der Waals surface area contributed by atoms with Crippen molar-refractivity contribution < 1.29 is 0 Å². The van der Waals surface area contributed by atoms with Crippen molar-refractivity contribution in [1.82, 2.24) is 9.97 Å². The van der Waals surface area contributed by atoms with Gasteiger partial charge in [-0.05, 0) is 34.2 Å². The topological polar surface area (TPSA) is 67.1 Å². The number of aromatic nitrogens is 2. The molecule has 0 aromatic carbocycles. The highest BCUT2D eigenvalue weighted by Gasteiger charge is 2.28. The van der Waals surface area contributed by atoms with Crippen LogP contribution in [0.5, 0.6) is 0 Å². The Balaban J connectivity index is 2.28. The van der Waals surface area contributed by atoms with Crippen LogP contribution in [0.1, 0.15) is 26.7 Å². The minimum Gasteiger partial charge on any atom is -0.355 e. The lowest BCUT2D eigenvalue weighted by Gasteiger charge is -2.39. The van der Waals surface area contributed by atoms with Gasteiger partial charge in [0.25, 0.3) is 0 Å². The highest BCUT2D eigenvalue weighted by molar-refractivity contribution is 9.10. The van der Waals surface area contributed by atoms with Crippen LogP contribution in [0.15, 0.2) is 10.8 Å². The molecule has 1 aromatic heterocycles. The van der Waals surface area contributed by atoms with Crippen molar-refractivity contribution >= 4 is 27.6 Å². The molecule has 5 nitrogen and oxygen atoms in total. The fourth-order valence-electron chi connectivity index (χ4n) is 2.29. The van der Waals surface area contributed by atoms with E-state index in [2.05, 4.69) is 50.1 Å². The van der Waals surface area contributed by atoms with Gasteiger partial charge >= 0.3 is 0 Å². The minimum absolute atomic E-state index is 0.332. The van der Waals surface area contributed by atoms with Gasteiger partial charge in [-0.1, -0.05) is 13.8 Å². The number of nitrogens with two attached hydrogens (primary N) is 1. The van der Waals surface area contributed by atoms with Crippen molar-refractivity contribution in [3.63, 3.8) is 0 Å². The van der Waals surface area contributed by atoms with Crippen LogP contribution in [-0.2, 0) is 0 Å². The van der Waals surface area contributed by atoms with Gasteiger partial charge in [-0.25, -0.2) is 15.8 Å². The molecule has 94 valence electrons. The summed E-state index contributed by atoms with van der Waals surface area (Å²) in [4.78, 5) is 10.7. The van der Waals surface area contributed by atoms with Crippen LogP contribution in [0.2, 0.25) is 0 Å². The first-order valence-corrected chi connectivity index (χ1v) is 6.55. The maximum absolute atomic E-state index is 5.41. The van der Waals surface area contributed by atoms with Crippen molar-refractivity contribution in [2.24, 2.45) is 11.3 Å². The summed E-state index contributed by atoms with van der Waals surface area (Å²) < 4.78 is 0.834. The van der Waals surface area contributed by atoms with E-state index in [1.54, 1.807) is 0 Å². The molecule has 0 radical (unpaired) electrons. The Hall–Kier alpha value is -0.880. The maximum Gasteiger partial charge on any atom is 0.159 e. The Morgan fingerprint density at radius 1 is 1.47 bits per heavy atom. The van der Waals surface area contributed by atoms with Gasteiger partial charge in [0.05, 0.1) is 0 Å². The lowest BCUT2D eigenvalue weighted by molar-refractivity contribution is 0.292. The predicted molar refractivity (Wildman–Crippen MR) is 72.8 cm³/mol. The van der Waals surface area contributed by atoms with Gasteiger partial charge in [-0.2, -0.15) is 0 Å². The summed E-state index contributed by atoms with van der Waals surface area (Å²) in [6.07, 6.45) is 3.99. The molecule has 0 saturated carbocycles. The zero-order chi connectivity index (χ0) is 12.5. The average Bonchev–Trinajstić information content (AvgIpc) is 2.28. The van der Waals surface area contributed by atoms with E-state index in [4.69, 9.17) is 5.84 Å². The van der Waals surface area contributed by atoms with E-state index in [0.29, 0.717) is 11.2 Å². The standard InChI is InChI=1S/C11H18BrN5/c1-11(2)4-3-5-17(6-11)10-8(12)9(16-13)14-7-15-10/h7H,3-6,13H2,1-2H3,(H,14,15,16). The Labute approximate surface area is 110 Å². The fourth-order valence-corrected chi connectivity index (χ4v) is 2.86. The third kappa shape index (κ3) is 2.69. The van der Waals surface area contributed by atoms with Crippen molar-refractivity contribution in [3.8, 4) is 0 Å². The molecular weight excluding hydrogens is 282 g/mol. The Bertz CT molecular complexity index is 407. The second-order valence-corrected chi connectivity index (χ2v) is 5.99. The van der Waals surface area contributed by atoms with E-state index < -0.39 is 0 Å². The van der Waals surface area contributed by atoms with Crippen LogP contribution in [0.4, 0.5) is 11.6 Å². The van der Waals surface area contributed by atoms with E-state index in [9.17, 15) is 0 Å². The molecule has 2 rings (SSSR count). The van der Waals surface area contributed by atoms with Gasteiger partial charge in [-0.3, -0.25) is 0 Å². The molecule has 1 fully saturated rings. The molecule has 0 bridgehead atoms. The van der Waals surface area contributed by atoms with Crippen molar-refractivity contribution in [3.05, 3.63) is 10.8 Å². The molecule has 1 saturated heterocycles. The second-order valence-electron chi connectivity index (χ2n) is 5.19. The third-order valence-corrected chi connectivity index (χ3v) is 3.84. The largest absolute Gasteiger partial charge is 0.355 e. The van der Waals surface area contributed by atoms with Gasteiger partial charge in [0.15, 0.2) is 5.82 Å². The smallest absolute Gasteiger partial charge is 0.159 e. The number of nitrogen functional groups attached to an aromatic ring is 1. The van der Waals surface area contributed by atoms with E-state index in [1.165, 1.54) is 19.2 Å². The van der Waals surface area contributed by atoms with E-state index in [0.717, 1.165) is 23.4 Å². The number of hydrogen-bond acceptors (Lipinski definition) is 5. The van der Waals surface area contributed by atoms with E-state index in [1.807, 2.05) is 0 Å². The van der Waals surface area contributed by atoms with Crippen LogP contribution >= 0.6 is 15.9 Å². The fraction of sp³-hybridized carbons (Fsp3) is 0.636. The molecule has 1 aromatic rings. The minimum atomic E-state index is 0.332. The second kappa shape index (κ2) is 4.78. The molecule has 17 heavy (non-hydrogen) atoms. The SMILES string of the molecule is CC1(C)CCCN(c2ncnc(NN)c2Br)C1. The number of nitrogens with one attached hydrogen (secondary N) is 1. The average molecular weight is 300 g/mol. The molecule has 2 heterocycles. The van der Waals surface area contributed by atoms with Crippen LogP contribution < -0.4 is 16.2 Å². The zero-order valence-corrected chi connectivity index (χ0v) is 11.8. The molecule has 1 aliphatic heterocycles. The summed E-state index contributed by atoms with van der Waals surface area (Å²) in [7, 11) is 0. The lowest BCUT2D eigenvalue weighted by Crippen LogP contribution is -2.40. The summed E-state index contributed by atoms with van der Waals surface area (Å²) in [6, 6.07) is 0. The Kier molecular flexibility index (Phi) is 3.53. The summed E-state index contributed by atoms with van der Waals surface area (Å²) in [5.74, 6) is 6.95. The first-order valence-electron chi connectivity index (χ1n) is 5.75. The first-order chi connectivity index (χ1) is 8.03. The summed E-state index contributed by atoms with van der Waals surface area (Å²) in [5.41, 5.74) is 2.90. The lowest BCUT2D eigenvalue weighted by atomic mass is 9.84. The number of nitrogens with zero attached hydrogens (tertiary/aromatic N) is 3. The molecule has 0 spiro atoms. The zero-order valence-electron chi connectivity index (χ0n) is 10.2.